The Morgan fingerprint density at radius 1 is 1.07 bits per heavy atom. The number of aromatic nitrogens is 4. The SMILES string of the molecule is CCOc1ccc(OCC)c(NC(=O)Cc2ccc(-n3cnnn3)cc2)c1. The molecule has 27 heavy (non-hydrogen) atoms. The molecule has 2 aromatic carbocycles. The molecule has 0 aliphatic rings. The van der Waals surface area contributed by atoms with Crippen LogP contribution in [0, 0.1) is 0 Å². The maximum absolute atomic E-state index is 12.5. The monoisotopic (exact) mass is 367 g/mol. The van der Waals surface area contributed by atoms with Gasteiger partial charge in [-0.1, -0.05) is 12.1 Å². The standard InChI is InChI=1S/C19H21N5O3/c1-3-26-16-9-10-18(27-4-2)17(12-16)21-19(25)11-14-5-7-15(8-6-14)24-13-20-22-23-24/h5-10,12-13H,3-4,11H2,1-2H3,(H,21,25). The lowest BCUT2D eigenvalue weighted by molar-refractivity contribution is -0.115. The number of amides is 1. The first-order valence-corrected chi connectivity index (χ1v) is 8.71. The highest BCUT2D eigenvalue weighted by Gasteiger charge is 2.11. The quantitative estimate of drug-likeness (QED) is 0.658. The van der Waals surface area contributed by atoms with Crippen LogP contribution in [0.1, 0.15) is 19.4 Å². The van der Waals surface area contributed by atoms with E-state index in [0.29, 0.717) is 30.4 Å². The molecule has 0 unspecified atom stereocenters. The van der Waals surface area contributed by atoms with Gasteiger partial charge < -0.3 is 14.8 Å². The summed E-state index contributed by atoms with van der Waals surface area (Å²) in [5.41, 5.74) is 2.30. The van der Waals surface area contributed by atoms with Gasteiger partial charge in [0, 0.05) is 6.07 Å². The Morgan fingerprint density at radius 2 is 1.85 bits per heavy atom. The van der Waals surface area contributed by atoms with Gasteiger partial charge in [0.25, 0.3) is 0 Å². The van der Waals surface area contributed by atoms with E-state index in [9.17, 15) is 4.79 Å². The number of hydrogen-bond donors (Lipinski definition) is 1. The zero-order valence-electron chi connectivity index (χ0n) is 15.3. The van der Waals surface area contributed by atoms with Gasteiger partial charge in [-0.3, -0.25) is 4.79 Å². The molecule has 0 fully saturated rings. The van der Waals surface area contributed by atoms with Gasteiger partial charge in [0.2, 0.25) is 5.91 Å². The van der Waals surface area contributed by atoms with E-state index in [1.807, 2.05) is 44.2 Å². The van der Waals surface area contributed by atoms with Gasteiger partial charge in [-0.2, -0.15) is 0 Å². The minimum atomic E-state index is -0.139. The largest absolute Gasteiger partial charge is 0.494 e. The minimum Gasteiger partial charge on any atom is -0.494 e. The van der Waals surface area contributed by atoms with Crippen molar-refractivity contribution in [3.8, 4) is 17.2 Å². The molecule has 1 aromatic heterocycles. The number of benzene rings is 2. The predicted octanol–water partition coefficient (Wildman–Crippen LogP) is 2.64. The molecule has 3 rings (SSSR count). The molecule has 0 aliphatic carbocycles. The van der Waals surface area contributed by atoms with Crippen LogP contribution in [-0.2, 0) is 11.2 Å². The molecule has 0 bridgehead atoms. The highest BCUT2D eigenvalue weighted by Crippen LogP contribution is 2.29. The predicted molar refractivity (Wildman–Crippen MR) is 100 cm³/mol. The maximum Gasteiger partial charge on any atom is 0.228 e. The lowest BCUT2D eigenvalue weighted by Crippen LogP contribution is -2.15. The highest BCUT2D eigenvalue weighted by molar-refractivity contribution is 5.94. The topological polar surface area (TPSA) is 91.2 Å². The number of rotatable bonds is 8. The molecular formula is C19H21N5O3. The van der Waals surface area contributed by atoms with Gasteiger partial charge in [0.1, 0.15) is 17.8 Å². The fourth-order valence-corrected chi connectivity index (χ4v) is 2.57. The Labute approximate surface area is 157 Å². The molecule has 1 heterocycles. The molecule has 1 amide bonds. The van der Waals surface area contributed by atoms with Crippen LogP contribution in [0.3, 0.4) is 0 Å². The third-order valence-electron chi connectivity index (χ3n) is 3.75. The van der Waals surface area contributed by atoms with Crippen LogP contribution in [0.25, 0.3) is 5.69 Å². The summed E-state index contributed by atoms with van der Waals surface area (Å²) in [6.07, 6.45) is 1.75. The average Bonchev–Trinajstić information content (AvgIpc) is 3.19. The Bertz CT molecular complexity index is 879. The van der Waals surface area contributed by atoms with Crippen molar-refractivity contribution in [3.05, 3.63) is 54.4 Å². The van der Waals surface area contributed by atoms with Gasteiger partial charge in [-0.05, 0) is 54.1 Å². The van der Waals surface area contributed by atoms with E-state index >= 15 is 0 Å². The lowest BCUT2D eigenvalue weighted by atomic mass is 10.1. The highest BCUT2D eigenvalue weighted by atomic mass is 16.5. The molecular weight excluding hydrogens is 346 g/mol. The molecule has 0 atom stereocenters. The Morgan fingerprint density at radius 3 is 2.52 bits per heavy atom. The van der Waals surface area contributed by atoms with Crippen LogP contribution in [0.5, 0.6) is 11.5 Å². The van der Waals surface area contributed by atoms with Crippen molar-refractivity contribution < 1.29 is 14.3 Å². The van der Waals surface area contributed by atoms with E-state index in [-0.39, 0.29) is 12.3 Å². The Hall–Kier alpha value is -3.42. The maximum atomic E-state index is 12.5. The van der Waals surface area contributed by atoms with E-state index in [1.165, 1.54) is 6.33 Å². The second-order valence-corrected chi connectivity index (χ2v) is 5.67. The van der Waals surface area contributed by atoms with Crippen LogP contribution in [0.15, 0.2) is 48.8 Å². The fourth-order valence-electron chi connectivity index (χ4n) is 2.57. The van der Waals surface area contributed by atoms with Crippen molar-refractivity contribution in [2.75, 3.05) is 18.5 Å². The number of carbonyl (C=O) groups excluding carboxylic acids is 1. The minimum absolute atomic E-state index is 0.139. The van der Waals surface area contributed by atoms with Crippen molar-refractivity contribution in [2.45, 2.75) is 20.3 Å². The van der Waals surface area contributed by atoms with Crippen LogP contribution < -0.4 is 14.8 Å². The summed E-state index contributed by atoms with van der Waals surface area (Å²) in [5.74, 6) is 1.16. The van der Waals surface area contributed by atoms with Gasteiger partial charge >= 0.3 is 0 Å². The molecule has 0 radical (unpaired) electrons. The summed E-state index contributed by atoms with van der Waals surface area (Å²) in [4.78, 5) is 12.5. The van der Waals surface area contributed by atoms with Crippen molar-refractivity contribution in [1.29, 1.82) is 0 Å². The number of ether oxygens (including phenoxy) is 2. The van der Waals surface area contributed by atoms with Crippen molar-refractivity contribution in [1.82, 2.24) is 20.2 Å². The summed E-state index contributed by atoms with van der Waals surface area (Å²) in [5, 5.41) is 13.9. The molecule has 0 spiro atoms. The molecule has 1 N–H and O–H groups in total. The number of nitrogens with zero attached hydrogens (tertiary/aromatic N) is 4. The molecule has 0 aliphatic heterocycles. The van der Waals surface area contributed by atoms with Crippen molar-refractivity contribution >= 4 is 11.6 Å². The van der Waals surface area contributed by atoms with Crippen LogP contribution in [-0.4, -0.2) is 39.3 Å². The number of carbonyl (C=O) groups is 1. The molecule has 8 heteroatoms. The normalized spacial score (nSPS) is 10.4. The summed E-state index contributed by atoms with van der Waals surface area (Å²) in [6.45, 7) is 4.87. The summed E-state index contributed by atoms with van der Waals surface area (Å²) < 4.78 is 12.6. The third-order valence-corrected chi connectivity index (χ3v) is 3.75. The van der Waals surface area contributed by atoms with Gasteiger partial charge in [0.05, 0.1) is 31.0 Å². The molecule has 140 valence electrons. The van der Waals surface area contributed by atoms with Crippen molar-refractivity contribution in [3.63, 3.8) is 0 Å². The first kappa shape index (κ1) is 18.4. The van der Waals surface area contributed by atoms with Crippen LogP contribution in [0.4, 0.5) is 5.69 Å². The smallest absolute Gasteiger partial charge is 0.228 e. The fraction of sp³-hybridized carbons (Fsp3) is 0.263. The van der Waals surface area contributed by atoms with E-state index in [4.69, 9.17) is 9.47 Å². The number of anilines is 1. The summed E-state index contributed by atoms with van der Waals surface area (Å²) in [7, 11) is 0. The Balaban J connectivity index is 1.68. The van der Waals surface area contributed by atoms with E-state index in [1.54, 1.807) is 16.8 Å². The zero-order chi connectivity index (χ0) is 19.1. The first-order valence-electron chi connectivity index (χ1n) is 8.71. The molecule has 0 saturated heterocycles. The van der Waals surface area contributed by atoms with E-state index in [2.05, 4.69) is 20.8 Å². The van der Waals surface area contributed by atoms with Gasteiger partial charge in [-0.25, -0.2) is 4.68 Å². The zero-order valence-corrected chi connectivity index (χ0v) is 15.3. The van der Waals surface area contributed by atoms with Gasteiger partial charge in [-0.15, -0.1) is 5.10 Å². The second-order valence-electron chi connectivity index (χ2n) is 5.67. The Kier molecular flexibility index (Phi) is 5.98. The van der Waals surface area contributed by atoms with Crippen LogP contribution >= 0.6 is 0 Å². The molecule has 8 nitrogen and oxygen atoms in total. The molecule has 3 aromatic rings. The molecule has 0 saturated carbocycles. The average molecular weight is 367 g/mol. The third kappa shape index (κ3) is 4.81. The summed E-state index contributed by atoms with van der Waals surface area (Å²) in [6, 6.07) is 12.9. The van der Waals surface area contributed by atoms with Crippen molar-refractivity contribution in [2.24, 2.45) is 0 Å². The lowest BCUT2D eigenvalue weighted by Gasteiger charge is -2.13. The summed E-state index contributed by atoms with van der Waals surface area (Å²) >= 11 is 0. The van der Waals surface area contributed by atoms with Gasteiger partial charge in [0.15, 0.2) is 0 Å². The number of nitrogens with one attached hydrogen (secondary N) is 1. The van der Waals surface area contributed by atoms with E-state index < -0.39 is 0 Å². The number of hydrogen-bond acceptors (Lipinski definition) is 6. The van der Waals surface area contributed by atoms with E-state index in [0.717, 1.165) is 11.3 Å². The number of tetrazole rings is 1. The second kappa shape index (κ2) is 8.79. The van der Waals surface area contributed by atoms with Crippen LogP contribution in [0.2, 0.25) is 0 Å². The first-order chi connectivity index (χ1) is 13.2.